The summed E-state index contributed by atoms with van der Waals surface area (Å²) in [6.07, 6.45) is 5.82. The summed E-state index contributed by atoms with van der Waals surface area (Å²) in [7, 11) is 1.77. The molecule has 2 aromatic heterocycles. The van der Waals surface area contributed by atoms with Crippen molar-refractivity contribution < 1.29 is 14.6 Å². The summed E-state index contributed by atoms with van der Waals surface area (Å²) in [4.78, 5) is 17.2. The van der Waals surface area contributed by atoms with Crippen molar-refractivity contribution in [3.63, 3.8) is 0 Å². The van der Waals surface area contributed by atoms with Crippen LogP contribution in [0.15, 0.2) is 42.7 Å². The number of benzene rings is 1. The Morgan fingerprint density at radius 1 is 1.36 bits per heavy atom. The zero-order valence-corrected chi connectivity index (χ0v) is 15.8. The molecule has 0 spiro atoms. The highest BCUT2D eigenvalue weighted by Gasteiger charge is 2.29. The van der Waals surface area contributed by atoms with Gasteiger partial charge in [-0.25, -0.2) is 4.68 Å². The molecule has 0 saturated carbocycles. The molecule has 7 heteroatoms. The van der Waals surface area contributed by atoms with Crippen LogP contribution in [0.3, 0.4) is 0 Å². The topological polar surface area (TPSA) is 89.3 Å². The van der Waals surface area contributed by atoms with Crippen molar-refractivity contribution >= 4 is 11.6 Å². The maximum atomic E-state index is 13.1. The molecule has 1 amide bonds. The fourth-order valence-electron chi connectivity index (χ4n) is 3.70. The zero-order valence-electron chi connectivity index (χ0n) is 15.8. The largest absolute Gasteiger partial charge is 0.508 e. The molecule has 144 valence electrons. The Morgan fingerprint density at radius 2 is 2.21 bits per heavy atom. The Balaban J connectivity index is 1.61. The molecule has 3 aromatic rings. The second-order valence-electron chi connectivity index (χ2n) is 7.00. The van der Waals surface area contributed by atoms with Gasteiger partial charge in [-0.2, -0.15) is 5.10 Å². The number of aromatic hydroxyl groups is 1. The number of phenols is 1. The number of aromatic nitrogens is 3. The lowest BCUT2D eigenvalue weighted by Crippen LogP contribution is -2.25. The first kappa shape index (κ1) is 18.0. The zero-order chi connectivity index (χ0) is 19.7. The predicted octanol–water partition coefficient (Wildman–Crippen LogP) is 3.68. The van der Waals surface area contributed by atoms with Crippen LogP contribution in [0.5, 0.6) is 17.4 Å². The van der Waals surface area contributed by atoms with E-state index in [4.69, 9.17) is 4.74 Å². The Bertz CT molecular complexity index is 1010. The quantitative estimate of drug-likeness (QED) is 0.723. The number of aryl methyl sites for hydroxylation is 3. The van der Waals surface area contributed by atoms with Crippen LogP contribution in [0.4, 0.5) is 5.69 Å². The van der Waals surface area contributed by atoms with Gasteiger partial charge in [-0.3, -0.25) is 9.78 Å². The molecule has 0 fully saturated rings. The second-order valence-corrected chi connectivity index (χ2v) is 7.00. The van der Waals surface area contributed by atoms with Crippen LogP contribution in [0, 0.1) is 6.92 Å². The van der Waals surface area contributed by atoms with Gasteiger partial charge in [0.15, 0.2) is 0 Å². The summed E-state index contributed by atoms with van der Waals surface area (Å²) < 4.78 is 7.53. The van der Waals surface area contributed by atoms with E-state index in [9.17, 15) is 9.90 Å². The average Bonchev–Trinajstić information content (AvgIpc) is 2.95. The smallest absolute Gasteiger partial charge is 0.241 e. The first-order valence-electron chi connectivity index (χ1n) is 9.27. The lowest BCUT2D eigenvalue weighted by Gasteiger charge is -2.25. The third-order valence-corrected chi connectivity index (χ3v) is 5.02. The molecule has 1 aromatic carbocycles. The normalized spacial score (nSPS) is 15.7. The number of phenolic OH excluding ortho intramolecular Hbond substituents is 1. The molecule has 4 rings (SSSR count). The van der Waals surface area contributed by atoms with E-state index in [2.05, 4.69) is 15.4 Å². The number of amides is 1. The Kier molecular flexibility index (Phi) is 4.73. The van der Waals surface area contributed by atoms with Crippen LogP contribution < -0.4 is 10.1 Å². The van der Waals surface area contributed by atoms with Gasteiger partial charge in [0.05, 0.1) is 17.8 Å². The molecule has 0 aliphatic heterocycles. The van der Waals surface area contributed by atoms with E-state index >= 15 is 0 Å². The first-order chi connectivity index (χ1) is 13.5. The molecule has 7 nitrogen and oxygen atoms in total. The van der Waals surface area contributed by atoms with E-state index in [1.165, 1.54) is 0 Å². The van der Waals surface area contributed by atoms with Crippen LogP contribution in [0.2, 0.25) is 0 Å². The lowest BCUT2D eigenvalue weighted by molar-refractivity contribution is -0.117. The molecule has 2 N–H and O–H groups in total. The number of anilines is 1. The monoisotopic (exact) mass is 378 g/mol. The minimum absolute atomic E-state index is 0.0984. The van der Waals surface area contributed by atoms with Gasteiger partial charge < -0.3 is 15.2 Å². The first-order valence-corrected chi connectivity index (χ1v) is 9.27. The number of nitrogens with one attached hydrogen (secondary N) is 1. The van der Waals surface area contributed by atoms with Gasteiger partial charge in [0.1, 0.15) is 17.2 Å². The van der Waals surface area contributed by atoms with E-state index in [1.807, 2.05) is 13.0 Å². The number of pyridine rings is 1. The number of carbonyl (C=O) groups excluding carboxylic acids is 1. The SMILES string of the molecule is Cc1nn(C)c(Oc2cccnc2)c1NC(=O)C1CCCc2cc(O)ccc21. The maximum absolute atomic E-state index is 13.1. The third-order valence-electron chi connectivity index (χ3n) is 5.02. The number of fused-ring (bicyclic) bond motifs is 1. The van der Waals surface area contributed by atoms with Crippen molar-refractivity contribution in [1.29, 1.82) is 0 Å². The summed E-state index contributed by atoms with van der Waals surface area (Å²) in [5, 5.41) is 17.1. The van der Waals surface area contributed by atoms with Crippen molar-refractivity contribution in [3.8, 4) is 17.4 Å². The van der Waals surface area contributed by atoms with Crippen molar-refractivity contribution in [2.45, 2.75) is 32.1 Å². The molecular weight excluding hydrogens is 356 g/mol. The molecule has 1 unspecified atom stereocenters. The van der Waals surface area contributed by atoms with E-state index in [0.717, 1.165) is 30.4 Å². The third kappa shape index (κ3) is 3.43. The number of nitrogens with zero attached hydrogens (tertiary/aromatic N) is 3. The molecule has 0 radical (unpaired) electrons. The van der Waals surface area contributed by atoms with Gasteiger partial charge in [0, 0.05) is 13.2 Å². The Hall–Kier alpha value is -3.35. The highest BCUT2D eigenvalue weighted by atomic mass is 16.5. The number of hydrogen-bond acceptors (Lipinski definition) is 5. The molecule has 1 atom stereocenters. The van der Waals surface area contributed by atoms with Crippen LogP contribution in [0.25, 0.3) is 0 Å². The molecule has 28 heavy (non-hydrogen) atoms. The van der Waals surface area contributed by atoms with Crippen molar-refractivity contribution in [2.24, 2.45) is 7.05 Å². The van der Waals surface area contributed by atoms with E-state index in [1.54, 1.807) is 48.4 Å². The average molecular weight is 378 g/mol. The van der Waals surface area contributed by atoms with Gasteiger partial charge in [0.2, 0.25) is 11.8 Å². The highest BCUT2D eigenvalue weighted by molar-refractivity contribution is 5.97. The lowest BCUT2D eigenvalue weighted by atomic mass is 9.82. The molecule has 0 saturated heterocycles. The van der Waals surface area contributed by atoms with Crippen LogP contribution in [0.1, 0.15) is 35.6 Å². The number of rotatable bonds is 4. The second kappa shape index (κ2) is 7.34. The van der Waals surface area contributed by atoms with Gasteiger partial charge in [-0.15, -0.1) is 0 Å². The Labute approximate surface area is 163 Å². The summed E-state index contributed by atoms with van der Waals surface area (Å²) >= 11 is 0. The molecule has 1 aliphatic rings. The molecular formula is C21H22N4O3. The van der Waals surface area contributed by atoms with Crippen molar-refractivity contribution in [1.82, 2.24) is 14.8 Å². The number of hydrogen-bond donors (Lipinski definition) is 2. The van der Waals surface area contributed by atoms with Gasteiger partial charge in [-0.05, 0) is 61.6 Å². The van der Waals surface area contributed by atoms with Crippen molar-refractivity contribution in [2.75, 3.05) is 5.32 Å². The van der Waals surface area contributed by atoms with E-state index in [-0.39, 0.29) is 17.6 Å². The summed E-state index contributed by atoms with van der Waals surface area (Å²) in [6, 6.07) is 8.81. The fourth-order valence-corrected chi connectivity index (χ4v) is 3.70. The van der Waals surface area contributed by atoms with Crippen LogP contribution in [-0.2, 0) is 18.3 Å². The van der Waals surface area contributed by atoms with Crippen LogP contribution in [-0.4, -0.2) is 25.8 Å². The number of ether oxygens (including phenoxy) is 1. The van der Waals surface area contributed by atoms with Gasteiger partial charge >= 0.3 is 0 Å². The minimum atomic E-state index is -0.268. The minimum Gasteiger partial charge on any atom is -0.508 e. The summed E-state index contributed by atoms with van der Waals surface area (Å²) in [5.74, 6) is 0.893. The molecule has 0 bridgehead atoms. The van der Waals surface area contributed by atoms with Gasteiger partial charge in [0.25, 0.3) is 0 Å². The summed E-state index contributed by atoms with van der Waals surface area (Å²) in [6.45, 7) is 1.83. The van der Waals surface area contributed by atoms with Crippen LogP contribution >= 0.6 is 0 Å². The maximum Gasteiger partial charge on any atom is 0.241 e. The predicted molar refractivity (Wildman–Crippen MR) is 105 cm³/mol. The highest BCUT2D eigenvalue weighted by Crippen LogP contribution is 2.37. The van der Waals surface area contributed by atoms with E-state index < -0.39 is 0 Å². The van der Waals surface area contributed by atoms with E-state index in [0.29, 0.717) is 23.0 Å². The van der Waals surface area contributed by atoms with Crippen molar-refractivity contribution in [3.05, 3.63) is 59.5 Å². The fraction of sp³-hybridized carbons (Fsp3) is 0.286. The molecule has 1 aliphatic carbocycles. The van der Waals surface area contributed by atoms with Gasteiger partial charge in [-0.1, -0.05) is 6.07 Å². The Morgan fingerprint density at radius 3 is 3.00 bits per heavy atom. The number of carbonyl (C=O) groups is 1. The standard InChI is InChI=1S/C21H22N4O3/c1-13-19(21(25(2)24-13)28-16-6-4-10-22-12-16)23-20(27)18-7-3-5-14-11-15(26)8-9-17(14)18/h4,6,8-12,18,26H,3,5,7H2,1-2H3,(H,23,27). The summed E-state index contributed by atoms with van der Waals surface area (Å²) in [5.41, 5.74) is 3.23. The molecule has 2 heterocycles.